The zero-order valence-electron chi connectivity index (χ0n) is 11.7. The fraction of sp³-hybridized carbons (Fsp3) is 0.846. The summed E-state index contributed by atoms with van der Waals surface area (Å²) in [7, 11) is 1.78. The van der Waals surface area contributed by atoms with Gasteiger partial charge in [-0.05, 0) is 19.3 Å². The molecule has 0 saturated carbocycles. The molecule has 1 rings (SSSR count). The Bertz CT molecular complexity index is 305. The maximum absolute atomic E-state index is 12.2. The predicted molar refractivity (Wildman–Crippen MR) is 70.9 cm³/mol. The van der Waals surface area contributed by atoms with E-state index in [2.05, 4.69) is 5.32 Å². The van der Waals surface area contributed by atoms with E-state index in [1.807, 2.05) is 13.8 Å². The van der Waals surface area contributed by atoms with Gasteiger partial charge in [0.1, 0.15) is 0 Å². The first-order chi connectivity index (χ1) is 8.48. The minimum absolute atomic E-state index is 0.0226. The molecule has 104 valence electrons. The highest BCUT2D eigenvalue weighted by atomic mass is 16.2. The second-order valence-corrected chi connectivity index (χ2v) is 5.19. The number of nitrogens with zero attached hydrogens (tertiary/aromatic N) is 1. The minimum atomic E-state index is -0.316. The molecule has 1 aliphatic heterocycles. The number of hydrogen-bond acceptors (Lipinski definition) is 3. The highest BCUT2D eigenvalue weighted by Gasteiger charge is 2.33. The van der Waals surface area contributed by atoms with Crippen molar-refractivity contribution in [2.45, 2.75) is 45.1 Å². The molecular formula is C13H25N3O2. The Hall–Kier alpha value is -1.10. The van der Waals surface area contributed by atoms with Crippen LogP contribution in [-0.4, -0.2) is 42.4 Å². The number of likely N-dealkylation sites (tertiary alicyclic amines) is 1. The molecule has 3 N–H and O–H groups in total. The lowest BCUT2D eigenvalue weighted by molar-refractivity contribution is -0.139. The molecule has 1 aliphatic rings. The van der Waals surface area contributed by atoms with Crippen molar-refractivity contribution in [3.8, 4) is 0 Å². The van der Waals surface area contributed by atoms with E-state index in [9.17, 15) is 9.59 Å². The SMILES string of the molecule is CCC(CC)(CN)NC(=O)C1CCN(C)C(=O)C1. The van der Waals surface area contributed by atoms with E-state index in [4.69, 9.17) is 5.73 Å². The van der Waals surface area contributed by atoms with Crippen LogP contribution in [0.2, 0.25) is 0 Å². The third kappa shape index (κ3) is 3.22. The Morgan fingerprint density at radius 3 is 2.56 bits per heavy atom. The molecule has 1 saturated heterocycles. The molecule has 5 nitrogen and oxygen atoms in total. The summed E-state index contributed by atoms with van der Waals surface area (Å²) in [5, 5.41) is 3.05. The third-order valence-electron chi connectivity index (χ3n) is 4.16. The first-order valence-electron chi connectivity index (χ1n) is 6.74. The second-order valence-electron chi connectivity index (χ2n) is 5.19. The number of piperidine rings is 1. The van der Waals surface area contributed by atoms with Gasteiger partial charge in [0.15, 0.2) is 0 Å². The third-order valence-corrected chi connectivity index (χ3v) is 4.16. The summed E-state index contributed by atoms with van der Waals surface area (Å²) >= 11 is 0. The molecular weight excluding hydrogens is 230 g/mol. The Balaban J connectivity index is 2.62. The van der Waals surface area contributed by atoms with Crippen LogP contribution >= 0.6 is 0 Å². The molecule has 18 heavy (non-hydrogen) atoms. The predicted octanol–water partition coefficient (Wildman–Crippen LogP) is 0.489. The molecule has 0 radical (unpaired) electrons. The van der Waals surface area contributed by atoms with Crippen LogP contribution in [0.25, 0.3) is 0 Å². The molecule has 1 atom stereocenters. The smallest absolute Gasteiger partial charge is 0.224 e. The number of nitrogens with two attached hydrogens (primary N) is 1. The van der Waals surface area contributed by atoms with E-state index in [1.165, 1.54) is 0 Å². The van der Waals surface area contributed by atoms with Gasteiger partial charge in [-0.3, -0.25) is 9.59 Å². The highest BCUT2D eigenvalue weighted by Crippen LogP contribution is 2.20. The van der Waals surface area contributed by atoms with Crippen molar-refractivity contribution in [2.75, 3.05) is 20.1 Å². The maximum Gasteiger partial charge on any atom is 0.224 e. The van der Waals surface area contributed by atoms with Gasteiger partial charge in [0.05, 0.1) is 5.54 Å². The monoisotopic (exact) mass is 255 g/mol. The molecule has 5 heteroatoms. The number of carbonyl (C=O) groups excluding carboxylic acids is 2. The minimum Gasteiger partial charge on any atom is -0.349 e. The van der Waals surface area contributed by atoms with Crippen molar-refractivity contribution in [1.82, 2.24) is 10.2 Å². The summed E-state index contributed by atoms with van der Waals surface area (Å²) in [6.45, 7) is 5.14. The summed E-state index contributed by atoms with van der Waals surface area (Å²) < 4.78 is 0. The topological polar surface area (TPSA) is 75.4 Å². The number of carbonyl (C=O) groups is 2. The highest BCUT2D eigenvalue weighted by molar-refractivity contribution is 5.87. The summed E-state index contributed by atoms with van der Waals surface area (Å²) in [5.41, 5.74) is 5.45. The number of hydrogen-bond donors (Lipinski definition) is 2. The molecule has 0 bridgehead atoms. The maximum atomic E-state index is 12.2. The fourth-order valence-electron chi connectivity index (χ4n) is 2.30. The molecule has 1 heterocycles. The molecule has 0 aliphatic carbocycles. The van der Waals surface area contributed by atoms with Crippen LogP contribution in [0, 0.1) is 5.92 Å². The van der Waals surface area contributed by atoms with Crippen LogP contribution < -0.4 is 11.1 Å². The van der Waals surface area contributed by atoms with Crippen molar-refractivity contribution in [2.24, 2.45) is 11.7 Å². The van der Waals surface area contributed by atoms with Crippen LogP contribution in [0.3, 0.4) is 0 Å². The quantitative estimate of drug-likeness (QED) is 0.750. The van der Waals surface area contributed by atoms with E-state index in [1.54, 1.807) is 11.9 Å². The van der Waals surface area contributed by atoms with Gasteiger partial charge in [0.2, 0.25) is 11.8 Å². The van der Waals surface area contributed by atoms with E-state index >= 15 is 0 Å². The summed E-state index contributed by atoms with van der Waals surface area (Å²) in [4.78, 5) is 25.5. The summed E-state index contributed by atoms with van der Waals surface area (Å²) in [6.07, 6.45) is 2.68. The number of amides is 2. The number of rotatable bonds is 5. The zero-order valence-corrected chi connectivity index (χ0v) is 11.7. The fourth-order valence-corrected chi connectivity index (χ4v) is 2.30. The Morgan fingerprint density at radius 2 is 2.11 bits per heavy atom. The van der Waals surface area contributed by atoms with Gasteiger partial charge in [0, 0.05) is 32.5 Å². The Labute approximate surface area is 109 Å². The van der Waals surface area contributed by atoms with Crippen LogP contribution in [0.4, 0.5) is 0 Å². The van der Waals surface area contributed by atoms with E-state index in [-0.39, 0.29) is 23.3 Å². The molecule has 0 aromatic carbocycles. The Kier molecular flexibility index (Phi) is 5.14. The molecule has 0 aromatic rings. The van der Waals surface area contributed by atoms with Crippen LogP contribution in [0.15, 0.2) is 0 Å². The van der Waals surface area contributed by atoms with Gasteiger partial charge in [-0.15, -0.1) is 0 Å². The van der Waals surface area contributed by atoms with Crippen LogP contribution in [-0.2, 0) is 9.59 Å². The lowest BCUT2D eigenvalue weighted by Crippen LogP contribution is -2.55. The summed E-state index contributed by atoms with van der Waals surface area (Å²) in [5.74, 6) is -0.170. The molecule has 1 fully saturated rings. The second kappa shape index (κ2) is 6.18. The van der Waals surface area contributed by atoms with Crippen molar-refractivity contribution in [3.05, 3.63) is 0 Å². The van der Waals surface area contributed by atoms with Crippen molar-refractivity contribution >= 4 is 11.8 Å². The standard InChI is InChI=1S/C13H25N3O2/c1-4-13(5-2,9-14)15-12(18)10-6-7-16(3)11(17)8-10/h10H,4-9,14H2,1-3H3,(H,15,18). The number of nitrogens with one attached hydrogen (secondary N) is 1. The molecule has 0 aromatic heterocycles. The van der Waals surface area contributed by atoms with Crippen molar-refractivity contribution in [3.63, 3.8) is 0 Å². The molecule has 0 spiro atoms. The first-order valence-corrected chi connectivity index (χ1v) is 6.74. The molecule has 2 amide bonds. The van der Waals surface area contributed by atoms with Crippen LogP contribution in [0.1, 0.15) is 39.5 Å². The van der Waals surface area contributed by atoms with Gasteiger partial charge in [-0.25, -0.2) is 0 Å². The normalized spacial score (nSPS) is 21.0. The first kappa shape index (κ1) is 15.0. The molecule has 1 unspecified atom stereocenters. The largest absolute Gasteiger partial charge is 0.349 e. The lowest BCUT2D eigenvalue weighted by atomic mass is 9.89. The van der Waals surface area contributed by atoms with E-state index in [0.29, 0.717) is 19.5 Å². The van der Waals surface area contributed by atoms with Gasteiger partial charge in [0.25, 0.3) is 0 Å². The van der Waals surface area contributed by atoms with Crippen molar-refractivity contribution in [1.29, 1.82) is 0 Å². The average molecular weight is 255 g/mol. The lowest BCUT2D eigenvalue weighted by Gasteiger charge is -2.35. The van der Waals surface area contributed by atoms with Gasteiger partial charge >= 0.3 is 0 Å². The van der Waals surface area contributed by atoms with E-state index in [0.717, 1.165) is 19.3 Å². The zero-order chi connectivity index (χ0) is 13.8. The Morgan fingerprint density at radius 1 is 1.50 bits per heavy atom. The van der Waals surface area contributed by atoms with Gasteiger partial charge < -0.3 is 16.0 Å². The van der Waals surface area contributed by atoms with E-state index < -0.39 is 0 Å². The van der Waals surface area contributed by atoms with Crippen molar-refractivity contribution < 1.29 is 9.59 Å². The van der Waals surface area contributed by atoms with Crippen LogP contribution in [0.5, 0.6) is 0 Å². The average Bonchev–Trinajstić information content (AvgIpc) is 2.39. The van der Waals surface area contributed by atoms with Gasteiger partial charge in [-0.2, -0.15) is 0 Å². The van der Waals surface area contributed by atoms with Gasteiger partial charge in [-0.1, -0.05) is 13.8 Å². The summed E-state index contributed by atoms with van der Waals surface area (Å²) in [6, 6.07) is 0.